The highest BCUT2D eigenvalue weighted by atomic mass is 14.8. The second-order valence-corrected chi connectivity index (χ2v) is 3.60. The van der Waals surface area contributed by atoms with Crippen molar-refractivity contribution < 1.29 is 0 Å². The Balaban J connectivity index is 2.46. The van der Waals surface area contributed by atoms with Crippen molar-refractivity contribution in [2.45, 2.75) is 6.54 Å². The van der Waals surface area contributed by atoms with E-state index in [0.717, 1.165) is 16.7 Å². The van der Waals surface area contributed by atoms with Gasteiger partial charge in [0, 0.05) is 22.8 Å². The quantitative estimate of drug-likeness (QED) is 0.628. The number of nitrogens with two attached hydrogens (primary N) is 1. The molecule has 0 spiro atoms. The second kappa shape index (κ2) is 3.07. The van der Waals surface area contributed by atoms with Crippen LogP contribution in [0.15, 0.2) is 36.5 Å². The van der Waals surface area contributed by atoms with Crippen LogP contribution in [0.25, 0.3) is 21.8 Å². The maximum atomic E-state index is 5.58. The summed E-state index contributed by atoms with van der Waals surface area (Å²) in [7, 11) is 0. The Labute approximate surface area is 86.9 Å². The van der Waals surface area contributed by atoms with Crippen LogP contribution in [0.1, 0.15) is 5.69 Å². The molecule has 74 valence electrons. The topological polar surface area (TPSA) is 54.7 Å². The van der Waals surface area contributed by atoms with Gasteiger partial charge in [0.1, 0.15) is 0 Å². The fourth-order valence-electron chi connectivity index (χ4n) is 1.90. The van der Waals surface area contributed by atoms with Crippen LogP contribution in [0.5, 0.6) is 0 Å². The largest absolute Gasteiger partial charge is 0.353 e. The van der Waals surface area contributed by atoms with Crippen LogP contribution in [0.2, 0.25) is 0 Å². The van der Waals surface area contributed by atoms with Crippen LogP contribution in [-0.4, -0.2) is 9.97 Å². The number of nitrogens with one attached hydrogen (secondary N) is 1. The van der Waals surface area contributed by atoms with E-state index in [1.807, 2.05) is 24.4 Å². The van der Waals surface area contributed by atoms with Crippen molar-refractivity contribution in [3.8, 4) is 0 Å². The standard InChI is InChI=1S/C12H11N3/c13-6-8-5-10-9-3-1-2-4-11(9)15-12(10)7-14-8/h1-5,7,15H,6,13H2. The van der Waals surface area contributed by atoms with Crippen molar-refractivity contribution >= 4 is 21.8 Å². The lowest BCUT2D eigenvalue weighted by Gasteiger charge is -1.95. The minimum absolute atomic E-state index is 0.482. The van der Waals surface area contributed by atoms with Gasteiger partial charge in [0.15, 0.2) is 0 Å². The minimum Gasteiger partial charge on any atom is -0.353 e. The lowest BCUT2D eigenvalue weighted by atomic mass is 10.1. The molecular formula is C12H11N3. The van der Waals surface area contributed by atoms with E-state index >= 15 is 0 Å². The number of hydrogen-bond acceptors (Lipinski definition) is 2. The fraction of sp³-hybridized carbons (Fsp3) is 0.0833. The molecule has 0 bridgehead atoms. The highest BCUT2D eigenvalue weighted by Crippen LogP contribution is 2.24. The van der Waals surface area contributed by atoms with Crippen LogP contribution in [-0.2, 0) is 6.54 Å². The van der Waals surface area contributed by atoms with Gasteiger partial charge < -0.3 is 10.7 Å². The van der Waals surface area contributed by atoms with Gasteiger partial charge in [-0.1, -0.05) is 18.2 Å². The first-order valence-corrected chi connectivity index (χ1v) is 4.94. The molecule has 15 heavy (non-hydrogen) atoms. The summed E-state index contributed by atoms with van der Waals surface area (Å²) in [5.41, 5.74) is 8.71. The summed E-state index contributed by atoms with van der Waals surface area (Å²) >= 11 is 0. The first kappa shape index (κ1) is 8.44. The average molecular weight is 197 g/mol. The zero-order valence-corrected chi connectivity index (χ0v) is 8.20. The molecule has 3 N–H and O–H groups in total. The second-order valence-electron chi connectivity index (χ2n) is 3.60. The van der Waals surface area contributed by atoms with E-state index in [0.29, 0.717) is 6.54 Å². The number of rotatable bonds is 1. The van der Waals surface area contributed by atoms with E-state index in [4.69, 9.17) is 5.73 Å². The summed E-state index contributed by atoms with van der Waals surface area (Å²) in [4.78, 5) is 7.59. The third-order valence-corrected chi connectivity index (χ3v) is 2.66. The Morgan fingerprint density at radius 2 is 2.00 bits per heavy atom. The predicted octanol–water partition coefficient (Wildman–Crippen LogP) is 2.17. The number of aromatic amines is 1. The summed E-state index contributed by atoms with van der Waals surface area (Å²) < 4.78 is 0. The molecule has 0 saturated heterocycles. The molecule has 0 unspecified atom stereocenters. The molecule has 1 aromatic carbocycles. The SMILES string of the molecule is NCc1cc2c(cn1)[nH]c1ccccc12. The van der Waals surface area contributed by atoms with Gasteiger partial charge in [0.05, 0.1) is 17.4 Å². The van der Waals surface area contributed by atoms with Gasteiger partial charge in [-0.3, -0.25) is 4.98 Å². The summed E-state index contributed by atoms with van der Waals surface area (Å²) in [6.45, 7) is 0.482. The molecule has 0 radical (unpaired) electrons. The predicted molar refractivity (Wildman–Crippen MR) is 61.5 cm³/mol. The molecule has 0 fully saturated rings. The zero-order valence-electron chi connectivity index (χ0n) is 8.20. The van der Waals surface area contributed by atoms with Gasteiger partial charge in [-0.25, -0.2) is 0 Å². The maximum absolute atomic E-state index is 5.58. The number of fused-ring (bicyclic) bond motifs is 3. The molecule has 0 aliphatic heterocycles. The number of hydrogen-bond donors (Lipinski definition) is 2. The van der Waals surface area contributed by atoms with E-state index in [1.54, 1.807) is 0 Å². The molecule has 0 amide bonds. The Morgan fingerprint density at radius 3 is 2.87 bits per heavy atom. The maximum Gasteiger partial charge on any atom is 0.0651 e. The van der Waals surface area contributed by atoms with Crippen LogP contribution in [0.3, 0.4) is 0 Å². The van der Waals surface area contributed by atoms with Crippen LogP contribution in [0, 0.1) is 0 Å². The van der Waals surface area contributed by atoms with Gasteiger partial charge in [-0.15, -0.1) is 0 Å². The summed E-state index contributed by atoms with van der Waals surface area (Å²) in [5, 5.41) is 2.42. The Hall–Kier alpha value is -1.87. The average Bonchev–Trinajstić information content (AvgIpc) is 2.66. The van der Waals surface area contributed by atoms with E-state index in [-0.39, 0.29) is 0 Å². The third kappa shape index (κ3) is 1.21. The van der Waals surface area contributed by atoms with Crippen molar-refractivity contribution in [2.75, 3.05) is 0 Å². The highest BCUT2D eigenvalue weighted by molar-refractivity contribution is 6.06. The number of benzene rings is 1. The molecule has 3 aromatic rings. The number of H-pyrrole nitrogens is 1. The minimum atomic E-state index is 0.482. The van der Waals surface area contributed by atoms with E-state index in [2.05, 4.69) is 22.1 Å². The number of pyridine rings is 1. The zero-order chi connectivity index (χ0) is 10.3. The first-order chi connectivity index (χ1) is 7.38. The molecule has 2 heterocycles. The lowest BCUT2D eigenvalue weighted by Crippen LogP contribution is -1.98. The molecule has 3 nitrogen and oxygen atoms in total. The van der Waals surface area contributed by atoms with Crippen molar-refractivity contribution in [1.82, 2.24) is 9.97 Å². The van der Waals surface area contributed by atoms with Crippen LogP contribution in [0.4, 0.5) is 0 Å². The van der Waals surface area contributed by atoms with Gasteiger partial charge in [-0.2, -0.15) is 0 Å². The lowest BCUT2D eigenvalue weighted by molar-refractivity contribution is 0.997. The fourth-order valence-corrected chi connectivity index (χ4v) is 1.90. The number of para-hydroxylation sites is 1. The van der Waals surface area contributed by atoms with Crippen molar-refractivity contribution in [3.63, 3.8) is 0 Å². The molecular weight excluding hydrogens is 186 g/mol. The summed E-state index contributed by atoms with van der Waals surface area (Å²) in [5.74, 6) is 0. The molecule has 0 atom stereocenters. The number of aromatic nitrogens is 2. The molecule has 3 heteroatoms. The summed E-state index contributed by atoms with van der Waals surface area (Å²) in [6.07, 6.45) is 1.84. The molecule has 3 rings (SSSR count). The third-order valence-electron chi connectivity index (χ3n) is 2.66. The van der Waals surface area contributed by atoms with E-state index in [1.165, 1.54) is 10.8 Å². The highest BCUT2D eigenvalue weighted by Gasteiger charge is 2.03. The first-order valence-electron chi connectivity index (χ1n) is 4.94. The van der Waals surface area contributed by atoms with Crippen molar-refractivity contribution in [3.05, 3.63) is 42.2 Å². The Bertz CT molecular complexity index is 625. The summed E-state index contributed by atoms with van der Waals surface area (Å²) in [6, 6.07) is 10.3. The van der Waals surface area contributed by atoms with Gasteiger partial charge in [-0.05, 0) is 12.1 Å². The number of nitrogens with zero attached hydrogens (tertiary/aromatic N) is 1. The van der Waals surface area contributed by atoms with Crippen molar-refractivity contribution in [1.29, 1.82) is 0 Å². The normalized spacial score (nSPS) is 11.3. The molecule has 2 aromatic heterocycles. The smallest absolute Gasteiger partial charge is 0.0651 e. The Kier molecular flexibility index (Phi) is 1.73. The van der Waals surface area contributed by atoms with Crippen LogP contribution >= 0.6 is 0 Å². The van der Waals surface area contributed by atoms with Gasteiger partial charge >= 0.3 is 0 Å². The molecule has 0 saturated carbocycles. The van der Waals surface area contributed by atoms with Gasteiger partial charge in [0.25, 0.3) is 0 Å². The van der Waals surface area contributed by atoms with Crippen LogP contribution < -0.4 is 5.73 Å². The van der Waals surface area contributed by atoms with E-state index < -0.39 is 0 Å². The van der Waals surface area contributed by atoms with Crippen molar-refractivity contribution in [2.24, 2.45) is 5.73 Å². The Morgan fingerprint density at radius 1 is 1.13 bits per heavy atom. The molecule has 0 aliphatic carbocycles. The van der Waals surface area contributed by atoms with E-state index in [9.17, 15) is 0 Å². The monoisotopic (exact) mass is 197 g/mol. The van der Waals surface area contributed by atoms with Gasteiger partial charge in [0.2, 0.25) is 0 Å². The molecule has 0 aliphatic rings.